The van der Waals surface area contributed by atoms with E-state index in [4.69, 9.17) is 13.9 Å². The number of nitriles is 1. The van der Waals surface area contributed by atoms with Crippen LogP contribution in [0.25, 0.3) is 5.70 Å². The molecule has 0 unspecified atom stereocenters. The van der Waals surface area contributed by atoms with Crippen molar-refractivity contribution in [1.29, 1.82) is 5.26 Å². The third-order valence-electron chi connectivity index (χ3n) is 4.48. The second kappa shape index (κ2) is 10.5. The highest BCUT2D eigenvalue weighted by molar-refractivity contribution is 8.03. The van der Waals surface area contributed by atoms with Crippen molar-refractivity contribution in [2.45, 2.75) is 19.8 Å². The van der Waals surface area contributed by atoms with E-state index in [9.17, 15) is 14.9 Å². The summed E-state index contributed by atoms with van der Waals surface area (Å²) in [7, 11) is 0. The summed E-state index contributed by atoms with van der Waals surface area (Å²) in [6.07, 6.45) is 1.49. The van der Waals surface area contributed by atoms with Gasteiger partial charge in [0.05, 0.1) is 59.1 Å². The first kappa shape index (κ1) is 22.2. The van der Waals surface area contributed by atoms with E-state index in [1.165, 1.54) is 6.26 Å². The largest absolute Gasteiger partial charge is 0.468 e. The molecule has 0 radical (unpaired) electrons. The Labute approximate surface area is 184 Å². The molecule has 0 saturated heterocycles. The number of thioether (sulfide) groups is 1. The number of hydrogen-bond acceptors (Lipinski definition) is 8. The first-order valence-corrected chi connectivity index (χ1v) is 10.8. The number of benzene rings is 1. The molecule has 0 spiro atoms. The Bertz CT molecular complexity index is 1040. The van der Waals surface area contributed by atoms with Gasteiger partial charge in [0.15, 0.2) is 0 Å². The maximum Gasteiger partial charge on any atom is 0.337 e. The van der Waals surface area contributed by atoms with Gasteiger partial charge < -0.3 is 19.2 Å². The van der Waals surface area contributed by atoms with Gasteiger partial charge in [-0.3, -0.25) is 4.79 Å². The Morgan fingerprint density at radius 1 is 1.13 bits per heavy atom. The summed E-state index contributed by atoms with van der Waals surface area (Å²) < 4.78 is 15.9. The molecule has 31 heavy (non-hydrogen) atoms. The van der Waals surface area contributed by atoms with Crippen LogP contribution in [0.4, 0.5) is 0 Å². The third-order valence-corrected chi connectivity index (χ3v) is 5.47. The Balaban J connectivity index is 2.15. The van der Waals surface area contributed by atoms with Gasteiger partial charge in [0.2, 0.25) is 0 Å². The van der Waals surface area contributed by atoms with Crippen molar-refractivity contribution in [3.63, 3.8) is 0 Å². The molecule has 1 atom stereocenters. The average Bonchev–Trinajstić information content (AvgIpc) is 3.32. The van der Waals surface area contributed by atoms with Crippen LogP contribution in [0.2, 0.25) is 0 Å². The molecular formula is C23H22N2O5S. The number of ether oxygens (including phenoxy) is 2. The molecule has 0 saturated carbocycles. The van der Waals surface area contributed by atoms with Crippen molar-refractivity contribution in [1.82, 2.24) is 5.32 Å². The van der Waals surface area contributed by atoms with Gasteiger partial charge in [-0.25, -0.2) is 4.79 Å². The fourth-order valence-corrected chi connectivity index (χ4v) is 4.07. The highest BCUT2D eigenvalue weighted by atomic mass is 32.2. The van der Waals surface area contributed by atoms with Crippen molar-refractivity contribution < 1.29 is 23.5 Å². The van der Waals surface area contributed by atoms with E-state index >= 15 is 0 Å². The van der Waals surface area contributed by atoms with E-state index in [2.05, 4.69) is 11.4 Å². The number of dihydropyridines is 1. The number of nitrogens with zero attached hydrogens (tertiary/aromatic N) is 1. The van der Waals surface area contributed by atoms with Crippen molar-refractivity contribution in [3.05, 3.63) is 76.2 Å². The fraction of sp³-hybridized carbons (Fsp3) is 0.261. The summed E-state index contributed by atoms with van der Waals surface area (Å²) in [6, 6.07) is 14.9. The number of hydrogen-bond donors (Lipinski definition) is 1. The van der Waals surface area contributed by atoms with E-state index in [1.54, 1.807) is 26.0 Å². The molecular weight excluding hydrogens is 416 g/mol. The average molecular weight is 439 g/mol. The maximum absolute atomic E-state index is 13.0. The predicted octanol–water partition coefficient (Wildman–Crippen LogP) is 3.97. The van der Waals surface area contributed by atoms with Crippen LogP contribution < -0.4 is 5.32 Å². The highest BCUT2D eigenvalue weighted by Gasteiger charge is 2.38. The van der Waals surface area contributed by atoms with Gasteiger partial charge >= 0.3 is 11.9 Å². The molecule has 160 valence electrons. The summed E-state index contributed by atoms with van der Waals surface area (Å²) >= 11 is 1.15. The van der Waals surface area contributed by atoms with Gasteiger partial charge in [-0.15, -0.1) is 0 Å². The summed E-state index contributed by atoms with van der Waals surface area (Å²) in [6.45, 7) is 3.91. The predicted molar refractivity (Wildman–Crippen MR) is 116 cm³/mol. The van der Waals surface area contributed by atoms with Crippen LogP contribution in [-0.2, 0) is 19.1 Å². The lowest BCUT2D eigenvalue weighted by atomic mass is 9.84. The molecule has 1 aliphatic rings. The topological polar surface area (TPSA) is 102 Å². The summed E-state index contributed by atoms with van der Waals surface area (Å²) in [5.74, 6) is -1.26. The second-order valence-electron chi connectivity index (χ2n) is 6.40. The van der Waals surface area contributed by atoms with Gasteiger partial charge in [-0.1, -0.05) is 42.1 Å². The number of nitrogens with one attached hydrogen (secondary N) is 1. The van der Waals surface area contributed by atoms with Gasteiger partial charge in [0.1, 0.15) is 5.76 Å². The molecule has 1 aromatic heterocycles. The Hall–Kier alpha value is -3.44. The minimum atomic E-state index is -0.778. The molecule has 1 aliphatic heterocycles. The number of esters is 2. The van der Waals surface area contributed by atoms with Crippen molar-refractivity contribution in [2.24, 2.45) is 0 Å². The smallest absolute Gasteiger partial charge is 0.337 e. The molecule has 0 aliphatic carbocycles. The van der Waals surface area contributed by atoms with Gasteiger partial charge in [0, 0.05) is 0 Å². The molecule has 0 bridgehead atoms. The van der Waals surface area contributed by atoms with E-state index in [0.29, 0.717) is 16.5 Å². The number of carbonyl (C=O) groups is 2. The van der Waals surface area contributed by atoms with Crippen LogP contribution in [0.15, 0.2) is 69.3 Å². The van der Waals surface area contributed by atoms with Crippen molar-refractivity contribution >= 4 is 29.4 Å². The normalized spacial score (nSPS) is 15.8. The quantitative estimate of drug-likeness (QED) is 0.618. The van der Waals surface area contributed by atoms with Crippen LogP contribution in [0.3, 0.4) is 0 Å². The van der Waals surface area contributed by atoms with Crippen LogP contribution in [-0.4, -0.2) is 30.9 Å². The zero-order chi connectivity index (χ0) is 22.2. The van der Waals surface area contributed by atoms with Gasteiger partial charge in [-0.2, -0.15) is 5.26 Å². The summed E-state index contributed by atoms with van der Waals surface area (Å²) in [4.78, 5) is 25.0. The molecule has 1 aromatic carbocycles. The first-order chi connectivity index (χ1) is 15.1. The molecule has 2 heterocycles. The van der Waals surface area contributed by atoms with E-state index in [-0.39, 0.29) is 30.1 Å². The number of carbonyl (C=O) groups excluding carboxylic acids is 2. The van der Waals surface area contributed by atoms with Crippen LogP contribution in [0.1, 0.15) is 31.1 Å². The molecule has 1 N–H and O–H groups in total. The van der Waals surface area contributed by atoms with E-state index in [1.807, 2.05) is 30.3 Å². The van der Waals surface area contributed by atoms with Crippen LogP contribution >= 0.6 is 11.8 Å². The Morgan fingerprint density at radius 2 is 1.87 bits per heavy atom. The minimum absolute atomic E-state index is 0.0169. The summed E-state index contributed by atoms with van der Waals surface area (Å²) in [5.41, 5.74) is 1.80. The summed E-state index contributed by atoms with van der Waals surface area (Å²) in [5, 5.41) is 13.7. The Morgan fingerprint density at radius 3 is 2.48 bits per heavy atom. The number of furan rings is 1. The number of allylic oxidation sites excluding steroid dienone is 1. The van der Waals surface area contributed by atoms with E-state index < -0.39 is 17.9 Å². The number of rotatable bonds is 8. The molecule has 8 heteroatoms. The molecule has 3 rings (SSSR count). The van der Waals surface area contributed by atoms with Crippen LogP contribution in [0, 0.1) is 11.3 Å². The lowest BCUT2D eigenvalue weighted by Gasteiger charge is -2.29. The second-order valence-corrected chi connectivity index (χ2v) is 7.38. The maximum atomic E-state index is 13.0. The zero-order valence-electron chi connectivity index (χ0n) is 17.2. The molecule has 7 nitrogen and oxygen atoms in total. The lowest BCUT2D eigenvalue weighted by Crippen LogP contribution is -2.29. The highest BCUT2D eigenvalue weighted by Crippen LogP contribution is 2.43. The van der Waals surface area contributed by atoms with Crippen molar-refractivity contribution in [2.75, 3.05) is 19.0 Å². The molecule has 0 amide bonds. The minimum Gasteiger partial charge on any atom is -0.468 e. The SMILES string of the molecule is CCOC(=O)CSC1=C(C#N)[C@H](c2ccco2)C(C(=O)OCC)=C(c2ccccc2)N1. The molecule has 0 fully saturated rings. The van der Waals surface area contributed by atoms with Crippen molar-refractivity contribution in [3.8, 4) is 6.07 Å². The zero-order valence-corrected chi connectivity index (χ0v) is 18.0. The third kappa shape index (κ3) is 5.01. The van der Waals surface area contributed by atoms with E-state index in [0.717, 1.165) is 17.3 Å². The van der Waals surface area contributed by atoms with Gasteiger partial charge in [0.25, 0.3) is 0 Å². The standard InChI is InChI=1S/C23H22N2O5S/c1-3-28-18(26)14-31-22-16(13-24)19(17-11-8-12-30-17)20(23(27)29-4-2)21(25-22)15-9-6-5-7-10-15/h5-12,19,25H,3-4,14H2,1-2H3/t19-/m1/s1. The van der Waals surface area contributed by atoms with Crippen LogP contribution in [0.5, 0.6) is 0 Å². The van der Waals surface area contributed by atoms with Gasteiger partial charge in [-0.05, 0) is 31.5 Å². The first-order valence-electron chi connectivity index (χ1n) is 9.80. The fourth-order valence-electron chi connectivity index (χ4n) is 3.23. The Kier molecular flexibility index (Phi) is 7.57. The lowest BCUT2D eigenvalue weighted by molar-refractivity contribution is -0.140. The monoisotopic (exact) mass is 438 g/mol. The molecule has 2 aromatic rings.